The van der Waals surface area contributed by atoms with Gasteiger partial charge in [-0.3, -0.25) is 14.6 Å². The van der Waals surface area contributed by atoms with E-state index in [9.17, 15) is 14.4 Å². The molecular weight excluding hydrogens is 396 g/mol. The standard InChI is InChI=1S/C22H26N6O3/c1-14-4-3-5-16(12-14)28-11-10-27(13-15(28)2)20(30)9-8-19(29)24-18-7-6-17-21(25-18)26-22(31)23-17/h3-7,12,15H,8-11,13H2,1-2H3,(H3,23,24,25,26,29,31). The topological polar surface area (TPSA) is 114 Å². The van der Waals surface area contributed by atoms with Crippen LogP contribution < -0.4 is 15.9 Å². The smallest absolute Gasteiger partial charge is 0.325 e. The first kappa shape index (κ1) is 20.6. The zero-order valence-electron chi connectivity index (χ0n) is 17.6. The van der Waals surface area contributed by atoms with Crippen LogP contribution >= 0.6 is 0 Å². The van der Waals surface area contributed by atoms with Crippen molar-refractivity contribution in [3.05, 3.63) is 52.4 Å². The van der Waals surface area contributed by atoms with E-state index in [1.54, 1.807) is 12.1 Å². The molecule has 0 aliphatic carbocycles. The number of aryl methyl sites for hydroxylation is 1. The van der Waals surface area contributed by atoms with Crippen molar-refractivity contribution in [2.45, 2.75) is 32.7 Å². The summed E-state index contributed by atoms with van der Waals surface area (Å²) in [4.78, 5) is 49.7. The van der Waals surface area contributed by atoms with Crippen molar-refractivity contribution in [3.8, 4) is 0 Å². The Kier molecular flexibility index (Phi) is 5.75. The first-order chi connectivity index (χ1) is 14.9. The molecule has 0 bridgehead atoms. The summed E-state index contributed by atoms with van der Waals surface area (Å²) in [6, 6.07) is 11.9. The lowest BCUT2D eigenvalue weighted by molar-refractivity contribution is -0.133. The Bertz CT molecular complexity index is 1170. The number of carbonyl (C=O) groups excluding carboxylic acids is 2. The summed E-state index contributed by atoms with van der Waals surface area (Å²) in [6.07, 6.45) is 0.223. The number of nitrogens with zero attached hydrogens (tertiary/aromatic N) is 3. The minimum Gasteiger partial charge on any atom is -0.365 e. The van der Waals surface area contributed by atoms with Crippen LogP contribution in [0.15, 0.2) is 41.2 Å². The molecule has 3 heterocycles. The molecule has 9 heteroatoms. The van der Waals surface area contributed by atoms with Gasteiger partial charge in [-0.2, -0.15) is 0 Å². The van der Waals surface area contributed by atoms with Crippen LogP contribution in [0.1, 0.15) is 25.3 Å². The Morgan fingerprint density at radius 3 is 2.77 bits per heavy atom. The largest absolute Gasteiger partial charge is 0.365 e. The molecule has 0 spiro atoms. The number of carbonyl (C=O) groups is 2. The van der Waals surface area contributed by atoms with E-state index in [1.807, 2.05) is 11.0 Å². The van der Waals surface area contributed by atoms with E-state index < -0.39 is 0 Å². The number of imidazole rings is 1. The fraction of sp³-hybridized carbons (Fsp3) is 0.364. The van der Waals surface area contributed by atoms with E-state index >= 15 is 0 Å². The van der Waals surface area contributed by atoms with Crippen LogP contribution in [0, 0.1) is 6.92 Å². The third-order valence-electron chi connectivity index (χ3n) is 5.52. The molecule has 0 saturated carbocycles. The second-order valence-electron chi connectivity index (χ2n) is 7.94. The highest BCUT2D eigenvalue weighted by atomic mass is 16.2. The van der Waals surface area contributed by atoms with Gasteiger partial charge in [0, 0.05) is 44.2 Å². The first-order valence-corrected chi connectivity index (χ1v) is 10.4. The summed E-state index contributed by atoms with van der Waals surface area (Å²) in [5, 5.41) is 2.68. The number of piperazine rings is 1. The first-order valence-electron chi connectivity index (χ1n) is 10.4. The van der Waals surface area contributed by atoms with Crippen molar-refractivity contribution in [2.75, 3.05) is 29.9 Å². The molecule has 1 aromatic carbocycles. The normalized spacial score (nSPS) is 16.5. The third-order valence-corrected chi connectivity index (χ3v) is 5.52. The van der Waals surface area contributed by atoms with Crippen molar-refractivity contribution in [1.82, 2.24) is 19.9 Å². The number of benzene rings is 1. The molecule has 1 saturated heterocycles. The van der Waals surface area contributed by atoms with Gasteiger partial charge in [-0.25, -0.2) is 9.78 Å². The minimum absolute atomic E-state index is 0.0238. The summed E-state index contributed by atoms with van der Waals surface area (Å²) in [5.74, 6) is 0.0226. The quantitative estimate of drug-likeness (QED) is 0.582. The van der Waals surface area contributed by atoms with E-state index in [0.29, 0.717) is 30.1 Å². The van der Waals surface area contributed by atoms with Crippen LogP contribution in [-0.4, -0.2) is 57.3 Å². The average molecular weight is 422 g/mol. The van der Waals surface area contributed by atoms with Gasteiger partial charge >= 0.3 is 5.69 Å². The van der Waals surface area contributed by atoms with Gasteiger partial charge in [-0.15, -0.1) is 0 Å². The molecule has 2 amide bonds. The second kappa shape index (κ2) is 8.63. The van der Waals surface area contributed by atoms with Gasteiger partial charge in [-0.1, -0.05) is 12.1 Å². The molecule has 162 valence electrons. The van der Waals surface area contributed by atoms with Gasteiger partial charge in [0.1, 0.15) is 5.82 Å². The molecule has 31 heavy (non-hydrogen) atoms. The highest BCUT2D eigenvalue weighted by molar-refractivity contribution is 5.93. The number of anilines is 2. The maximum Gasteiger partial charge on any atom is 0.325 e. The number of pyridine rings is 1. The molecule has 1 aliphatic rings. The molecule has 0 radical (unpaired) electrons. The number of rotatable bonds is 5. The zero-order valence-corrected chi connectivity index (χ0v) is 17.6. The number of H-pyrrole nitrogens is 2. The lowest BCUT2D eigenvalue weighted by Crippen LogP contribution is -2.53. The zero-order chi connectivity index (χ0) is 22.0. The Morgan fingerprint density at radius 1 is 1.16 bits per heavy atom. The highest BCUT2D eigenvalue weighted by Gasteiger charge is 2.27. The Morgan fingerprint density at radius 2 is 2.00 bits per heavy atom. The molecular formula is C22H26N6O3. The molecule has 3 N–H and O–H groups in total. The van der Waals surface area contributed by atoms with E-state index in [0.717, 1.165) is 6.54 Å². The van der Waals surface area contributed by atoms with Crippen molar-refractivity contribution >= 4 is 34.5 Å². The Balaban J connectivity index is 1.28. The van der Waals surface area contributed by atoms with Crippen molar-refractivity contribution in [2.24, 2.45) is 0 Å². The van der Waals surface area contributed by atoms with E-state index in [2.05, 4.69) is 57.2 Å². The summed E-state index contributed by atoms with van der Waals surface area (Å²) >= 11 is 0. The fourth-order valence-corrected chi connectivity index (χ4v) is 3.94. The molecule has 9 nitrogen and oxygen atoms in total. The summed E-state index contributed by atoms with van der Waals surface area (Å²) in [6.45, 7) is 6.22. The molecule has 3 aromatic rings. The van der Waals surface area contributed by atoms with Crippen LogP contribution in [0.4, 0.5) is 11.5 Å². The molecule has 4 rings (SSSR count). The highest BCUT2D eigenvalue weighted by Crippen LogP contribution is 2.22. The minimum atomic E-state index is -0.353. The Labute approximate surface area is 179 Å². The third kappa shape index (κ3) is 4.76. The number of nitrogens with one attached hydrogen (secondary N) is 3. The number of fused-ring (bicyclic) bond motifs is 1. The van der Waals surface area contributed by atoms with Crippen molar-refractivity contribution < 1.29 is 9.59 Å². The SMILES string of the molecule is Cc1cccc(N2CCN(C(=O)CCC(=O)Nc3ccc4[nH]c(=O)[nH]c4n3)CC2C)c1. The van der Waals surface area contributed by atoms with Gasteiger partial charge in [0.15, 0.2) is 5.65 Å². The lowest BCUT2D eigenvalue weighted by Gasteiger charge is -2.41. The van der Waals surface area contributed by atoms with Crippen molar-refractivity contribution in [1.29, 1.82) is 0 Å². The van der Waals surface area contributed by atoms with Gasteiger partial charge in [0.25, 0.3) is 0 Å². The number of aromatic amines is 2. The van der Waals surface area contributed by atoms with Crippen LogP contribution in [0.2, 0.25) is 0 Å². The second-order valence-corrected chi connectivity index (χ2v) is 7.94. The average Bonchev–Trinajstić information content (AvgIpc) is 3.11. The lowest BCUT2D eigenvalue weighted by atomic mass is 10.1. The monoisotopic (exact) mass is 422 g/mol. The summed E-state index contributed by atoms with van der Waals surface area (Å²) in [7, 11) is 0. The predicted molar refractivity (Wildman–Crippen MR) is 119 cm³/mol. The van der Waals surface area contributed by atoms with Crippen LogP contribution in [0.25, 0.3) is 11.2 Å². The van der Waals surface area contributed by atoms with Gasteiger partial charge in [-0.05, 0) is 43.7 Å². The molecule has 1 atom stereocenters. The number of aromatic nitrogens is 3. The van der Waals surface area contributed by atoms with E-state index in [-0.39, 0.29) is 36.4 Å². The maximum atomic E-state index is 12.6. The fourth-order valence-electron chi connectivity index (χ4n) is 3.94. The van der Waals surface area contributed by atoms with E-state index in [1.165, 1.54) is 11.3 Å². The van der Waals surface area contributed by atoms with Crippen LogP contribution in [-0.2, 0) is 9.59 Å². The molecule has 1 fully saturated rings. The van der Waals surface area contributed by atoms with Gasteiger partial charge in [0.05, 0.1) is 5.52 Å². The summed E-state index contributed by atoms with van der Waals surface area (Å²) < 4.78 is 0. The molecule has 1 unspecified atom stereocenters. The van der Waals surface area contributed by atoms with E-state index in [4.69, 9.17) is 0 Å². The summed E-state index contributed by atoms with van der Waals surface area (Å²) in [5.41, 5.74) is 2.97. The number of hydrogen-bond donors (Lipinski definition) is 3. The van der Waals surface area contributed by atoms with Gasteiger partial charge in [0.2, 0.25) is 11.8 Å². The van der Waals surface area contributed by atoms with Crippen LogP contribution in [0.5, 0.6) is 0 Å². The molecule has 2 aromatic heterocycles. The predicted octanol–water partition coefficient (Wildman–Crippen LogP) is 2.02. The van der Waals surface area contributed by atoms with Crippen LogP contribution in [0.3, 0.4) is 0 Å². The molecule has 1 aliphatic heterocycles. The van der Waals surface area contributed by atoms with Gasteiger partial charge < -0.3 is 20.1 Å². The van der Waals surface area contributed by atoms with Crippen molar-refractivity contribution in [3.63, 3.8) is 0 Å². The number of amides is 2. The number of hydrogen-bond acceptors (Lipinski definition) is 5. The maximum absolute atomic E-state index is 12.6. The Hall–Kier alpha value is -3.62.